The average molecular weight is 322 g/mol. The monoisotopic (exact) mass is 322 g/mol. The number of nitrogens with zero attached hydrogens (tertiary/aromatic N) is 3. The van der Waals surface area contributed by atoms with Gasteiger partial charge in [-0.15, -0.1) is 5.11 Å². The molecule has 0 bridgehead atoms. The van der Waals surface area contributed by atoms with Gasteiger partial charge in [-0.25, -0.2) is 9.48 Å². The second-order valence-electron chi connectivity index (χ2n) is 5.15. The van der Waals surface area contributed by atoms with Crippen LogP contribution in [0.1, 0.15) is 16.1 Å². The van der Waals surface area contributed by atoms with Gasteiger partial charge in [-0.1, -0.05) is 35.9 Å². The molecule has 0 aliphatic carbocycles. The van der Waals surface area contributed by atoms with Gasteiger partial charge in [0.25, 0.3) is 5.56 Å². The van der Waals surface area contributed by atoms with Gasteiger partial charge >= 0.3 is 5.97 Å². The Kier molecular flexibility index (Phi) is 4.07. The standard InChI is InChI=1S/C17H14N4O3/c1-11-7-9-13(10-8-11)21-16(22)14(15(20-21)17(23)24)19-18-12-5-3-2-4-6-12/h2-10,20H,1H3,(H,23,24). The van der Waals surface area contributed by atoms with Gasteiger partial charge in [-0.2, -0.15) is 5.11 Å². The Hall–Kier alpha value is -3.48. The minimum atomic E-state index is -1.28. The first-order valence-corrected chi connectivity index (χ1v) is 7.18. The van der Waals surface area contributed by atoms with Gasteiger partial charge in [0.15, 0.2) is 11.4 Å². The van der Waals surface area contributed by atoms with Crippen molar-refractivity contribution < 1.29 is 9.90 Å². The molecule has 7 nitrogen and oxygen atoms in total. The van der Waals surface area contributed by atoms with E-state index < -0.39 is 11.5 Å². The maximum absolute atomic E-state index is 12.5. The molecule has 0 amide bonds. The number of azo groups is 1. The number of rotatable bonds is 4. The summed E-state index contributed by atoms with van der Waals surface area (Å²) in [5.41, 5.74) is 0.953. The molecule has 3 rings (SSSR count). The lowest BCUT2D eigenvalue weighted by Gasteiger charge is -2.01. The van der Waals surface area contributed by atoms with Crippen LogP contribution in [0.3, 0.4) is 0 Å². The molecule has 0 radical (unpaired) electrons. The van der Waals surface area contributed by atoms with Crippen molar-refractivity contribution in [2.75, 3.05) is 0 Å². The minimum Gasteiger partial charge on any atom is -0.476 e. The summed E-state index contributed by atoms with van der Waals surface area (Å²) in [6.45, 7) is 1.92. The molecule has 1 aromatic heterocycles. The Balaban J connectivity index is 2.08. The number of hydrogen-bond acceptors (Lipinski definition) is 4. The number of carbonyl (C=O) groups is 1. The second-order valence-corrected chi connectivity index (χ2v) is 5.15. The quantitative estimate of drug-likeness (QED) is 0.718. The van der Waals surface area contributed by atoms with E-state index in [0.29, 0.717) is 11.4 Å². The highest BCUT2D eigenvalue weighted by molar-refractivity contribution is 5.90. The van der Waals surface area contributed by atoms with Crippen LogP contribution in [0, 0.1) is 6.92 Å². The molecule has 1 heterocycles. The predicted octanol–water partition coefficient (Wildman–Crippen LogP) is 3.59. The first kappa shape index (κ1) is 15.4. The molecule has 0 spiro atoms. The lowest BCUT2D eigenvalue weighted by molar-refractivity contribution is 0.0691. The molecule has 0 aliphatic rings. The third-order valence-electron chi connectivity index (χ3n) is 3.39. The number of benzene rings is 2. The fraction of sp³-hybridized carbons (Fsp3) is 0.0588. The molecule has 2 N–H and O–H groups in total. The highest BCUT2D eigenvalue weighted by Crippen LogP contribution is 2.19. The molecular weight excluding hydrogens is 308 g/mol. The van der Waals surface area contributed by atoms with E-state index in [-0.39, 0.29) is 11.4 Å². The zero-order chi connectivity index (χ0) is 17.1. The summed E-state index contributed by atoms with van der Waals surface area (Å²) in [5.74, 6) is -1.28. The summed E-state index contributed by atoms with van der Waals surface area (Å²) < 4.78 is 1.14. The SMILES string of the molecule is Cc1ccc(-n2[nH]c(C(=O)O)c(N=Nc3ccccc3)c2=O)cc1. The molecular formula is C17H14N4O3. The largest absolute Gasteiger partial charge is 0.476 e. The molecule has 120 valence electrons. The lowest BCUT2D eigenvalue weighted by atomic mass is 10.2. The van der Waals surface area contributed by atoms with Crippen molar-refractivity contribution in [3.8, 4) is 5.69 Å². The summed E-state index contributed by atoms with van der Waals surface area (Å²) in [5, 5.41) is 19.6. The van der Waals surface area contributed by atoms with Gasteiger partial charge in [0.05, 0.1) is 11.4 Å². The fourth-order valence-electron chi connectivity index (χ4n) is 2.15. The number of carboxylic acids is 1. The van der Waals surface area contributed by atoms with E-state index in [1.807, 2.05) is 25.1 Å². The third kappa shape index (κ3) is 3.00. The number of aromatic carboxylic acids is 1. The van der Waals surface area contributed by atoms with Crippen molar-refractivity contribution in [1.29, 1.82) is 0 Å². The molecule has 7 heteroatoms. The highest BCUT2D eigenvalue weighted by atomic mass is 16.4. The van der Waals surface area contributed by atoms with Crippen molar-refractivity contribution in [2.45, 2.75) is 6.92 Å². The van der Waals surface area contributed by atoms with Gasteiger partial charge in [0.1, 0.15) is 0 Å². The van der Waals surface area contributed by atoms with Crippen LogP contribution in [0.25, 0.3) is 5.69 Å². The molecule has 0 atom stereocenters. The number of aryl methyl sites for hydroxylation is 1. The molecule has 0 unspecified atom stereocenters. The van der Waals surface area contributed by atoms with Crippen LogP contribution >= 0.6 is 0 Å². The van der Waals surface area contributed by atoms with Crippen molar-refractivity contribution >= 4 is 17.3 Å². The smallest absolute Gasteiger partial charge is 0.356 e. The van der Waals surface area contributed by atoms with E-state index in [4.69, 9.17) is 0 Å². The normalized spacial score (nSPS) is 11.0. The van der Waals surface area contributed by atoms with Crippen molar-refractivity contribution in [2.24, 2.45) is 10.2 Å². The number of aromatic nitrogens is 2. The first-order chi connectivity index (χ1) is 11.6. The van der Waals surface area contributed by atoms with Crippen molar-refractivity contribution in [3.05, 3.63) is 76.2 Å². The highest BCUT2D eigenvalue weighted by Gasteiger charge is 2.20. The number of hydrogen-bond donors (Lipinski definition) is 2. The third-order valence-corrected chi connectivity index (χ3v) is 3.39. The molecule has 2 aromatic carbocycles. The van der Waals surface area contributed by atoms with Gasteiger partial charge in [0.2, 0.25) is 0 Å². The summed E-state index contributed by atoms with van der Waals surface area (Å²) in [6, 6.07) is 15.9. The fourth-order valence-corrected chi connectivity index (χ4v) is 2.15. The molecule has 0 saturated carbocycles. The predicted molar refractivity (Wildman–Crippen MR) is 88.7 cm³/mol. The van der Waals surface area contributed by atoms with Gasteiger partial charge in [-0.05, 0) is 31.2 Å². The topological polar surface area (TPSA) is 99.8 Å². The van der Waals surface area contributed by atoms with Crippen LogP contribution in [0.2, 0.25) is 0 Å². The average Bonchev–Trinajstić information content (AvgIpc) is 2.92. The zero-order valence-electron chi connectivity index (χ0n) is 12.8. The number of H-pyrrole nitrogens is 1. The molecule has 0 fully saturated rings. The van der Waals surface area contributed by atoms with Crippen LogP contribution in [0.15, 0.2) is 69.6 Å². The Bertz CT molecular complexity index is 954. The molecule has 0 aliphatic heterocycles. The maximum Gasteiger partial charge on any atom is 0.356 e. The number of nitrogens with one attached hydrogen (secondary N) is 1. The van der Waals surface area contributed by atoms with E-state index >= 15 is 0 Å². The van der Waals surface area contributed by atoms with Crippen molar-refractivity contribution in [3.63, 3.8) is 0 Å². The Morgan fingerprint density at radius 1 is 1.04 bits per heavy atom. The van der Waals surface area contributed by atoms with Crippen molar-refractivity contribution in [1.82, 2.24) is 9.78 Å². The molecule has 0 saturated heterocycles. The van der Waals surface area contributed by atoms with Crippen LogP contribution in [0.5, 0.6) is 0 Å². The molecule has 3 aromatic rings. The molecule has 24 heavy (non-hydrogen) atoms. The minimum absolute atomic E-state index is 0.244. The van der Waals surface area contributed by atoms with E-state index in [1.165, 1.54) is 0 Å². The summed E-state index contributed by atoms with van der Waals surface area (Å²) >= 11 is 0. The lowest BCUT2D eigenvalue weighted by Crippen LogP contribution is -2.13. The van der Waals surface area contributed by atoms with Gasteiger partial charge in [0, 0.05) is 0 Å². The van der Waals surface area contributed by atoms with E-state index in [0.717, 1.165) is 10.2 Å². The van der Waals surface area contributed by atoms with Crippen LogP contribution < -0.4 is 5.56 Å². The van der Waals surface area contributed by atoms with E-state index in [9.17, 15) is 14.7 Å². The van der Waals surface area contributed by atoms with E-state index in [1.54, 1.807) is 36.4 Å². The van der Waals surface area contributed by atoms with E-state index in [2.05, 4.69) is 15.3 Å². The summed E-state index contributed by atoms with van der Waals surface area (Å²) in [6.07, 6.45) is 0. The van der Waals surface area contributed by atoms with Crippen LogP contribution in [0.4, 0.5) is 11.4 Å². The van der Waals surface area contributed by atoms with Crippen LogP contribution in [-0.2, 0) is 0 Å². The maximum atomic E-state index is 12.5. The Morgan fingerprint density at radius 2 is 1.71 bits per heavy atom. The number of carboxylic acid groups (broad SMARTS) is 1. The number of aromatic amines is 1. The summed E-state index contributed by atoms with van der Waals surface area (Å²) in [4.78, 5) is 23.9. The first-order valence-electron chi connectivity index (χ1n) is 7.18. The van der Waals surface area contributed by atoms with Gasteiger partial charge < -0.3 is 5.11 Å². The Labute approximate surface area is 136 Å². The Morgan fingerprint density at radius 3 is 2.33 bits per heavy atom. The van der Waals surface area contributed by atoms with Crippen LogP contribution in [-0.4, -0.2) is 20.9 Å². The second kappa shape index (κ2) is 6.33. The van der Waals surface area contributed by atoms with Gasteiger partial charge in [-0.3, -0.25) is 9.89 Å². The summed E-state index contributed by atoms with van der Waals surface area (Å²) in [7, 11) is 0. The zero-order valence-corrected chi connectivity index (χ0v) is 12.8.